The first-order valence-corrected chi connectivity index (χ1v) is 9.18. The molecule has 1 aliphatic heterocycles. The minimum atomic E-state index is -0.454. The maximum absolute atomic E-state index is 12.4. The Bertz CT molecular complexity index is 831. The van der Waals surface area contributed by atoms with Crippen molar-refractivity contribution in [1.29, 1.82) is 0 Å². The Labute approximate surface area is 163 Å². The van der Waals surface area contributed by atoms with Crippen LogP contribution < -0.4 is 10.2 Å². The average Bonchev–Trinajstić information content (AvgIpc) is 2.68. The molecule has 7 heteroatoms. The predicted molar refractivity (Wildman–Crippen MR) is 105 cm³/mol. The van der Waals surface area contributed by atoms with Gasteiger partial charge in [0.2, 0.25) is 5.91 Å². The van der Waals surface area contributed by atoms with E-state index in [4.69, 9.17) is 11.6 Å². The Hall–Kier alpha value is -2.73. The van der Waals surface area contributed by atoms with E-state index < -0.39 is 5.91 Å². The van der Waals surface area contributed by atoms with Crippen molar-refractivity contribution in [3.8, 4) is 5.75 Å². The molecule has 0 aromatic heterocycles. The number of carbonyl (C=O) groups excluding carboxylic acids is 2. The molecule has 0 unspecified atom stereocenters. The number of rotatable bonds is 4. The van der Waals surface area contributed by atoms with Gasteiger partial charge in [-0.15, -0.1) is 0 Å². The second-order valence-corrected chi connectivity index (χ2v) is 6.98. The van der Waals surface area contributed by atoms with Crippen LogP contribution in [0.2, 0.25) is 5.02 Å². The Balaban J connectivity index is 1.50. The highest BCUT2D eigenvalue weighted by Gasteiger charge is 2.22. The summed E-state index contributed by atoms with van der Waals surface area (Å²) < 4.78 is 0. The Morgan fingerprint density at radius 2 is 1.74 bits per heavy atom. The number of nitrogens with zero attached hydrogens (tertiary/aromatic N) is 2. The lowest BCUT2D eigenvalue weighted by Gasteiger charge is -2.36. The molecule has 0 spiro atoms. The van der Waals surface area contributed by atoms with Crippen molar-refractivity contribution < 1.29 is 14.7 Å². The number of halogens is 1. The van der Waals surface area contributed by atoms with Crippen molar-refractivity contribution in [2.45, 2.75) is 6.92 Å². The number of anilines is 1. The number of hydrogen-bond acceptors (Lipinski definition) is 4. The molecule has 2 amide bonds. The van der Waals surface area contributed by atoms with Gasteiger partial charge >= 0.3 is 0 Å². The summed E-state index contributed by atoms with van der Waals surface area (Å²) >= 11 is 5.92. The predicted octanol–water partition coefficient (Wildman–Crippen LogP) is 2.43. The van der Waals surface area contributed by atoms with Crippen molar-refractivity contribution in [3.05, 3.63) is 58.6 Å². The van der Waals surface area contributed by atoms with Crippen LogP contribution in [-0.4, -0.2) is 54.5 Å². The van der Waals surface area contributed by atoms with Crippen molar-refractivity contribution in [2.75, 3.05) is 37.6 Å². The number of phenolic OH excluding ortho intramolecular Hbond substituents is 1. The van der Waals surface area contributed by atoms with Gasteiger partial charge in [0.1, 0.15) is 5.75 Å². The van der Waals surface area contributed by atoms with Crippen molar-refractivity contribution in [3.63, 3.8) is 0 Å². The Morgan fingerprint density at radius 1 is 1.07 bits per heavy atom. The fourth-order valence-corrected chi connectivity index (χ4v) is 3.19. The van der Waals surface area contributed by atoms with Gasteiger partial charge in [0.15, 0.2) is 0 Å². The summed E-state index contributed by atoms with van der Waals surface area (Å²) in [4.78, 5) is 28.5. The van der Waals surface area contributed by atoms with E-state index in [0.717, 1.165) is 24.3 Å². The Kier molecular flexibility index (Phi) is 5.86. The number of piperazine rings is 1. The van der Waals surface area contributed by atoms with Crippen molar-refractivity contribution in [2.24, 2.45) is 0 Å². The highest BCUT2D eigenvalue weighted by atomic mass is 35.5. The summed E-state index contributed by atoms with van der Waals surface area (Å²) in [7, 11) is 0. The van der Waals surface area contributed by atoms with Crippen LogP contribution >= 0.6 is 11.6 Å². The largest absolute Gasteiger partial charge is 0.507 e. The number of hydrogen-bond donors (Lipinski definition) is 2. The van der Waals surface area contributed by atoms with Crippen LogP contribution in [0.25, 0.3) is 0 Å². The SMILES string of the molecule is Cc1ccc(O)c(C(=O)NCC(=O)N2CCN(c3ccc(Cl)cc3)CC2)c1. The molecule has 1 heterocycles. The van der Waals surface area contributed by atoms with E-state index in [-0.39, 0.29) is 23.8 Å². The second kappa shape index (κ2) is 8.31. The average molecular weight is 388 g/mol. The van der Waals surface area contributed by atoms with E-state index >= 15 is 0 Å². The molecule has 2 N–H and O–H groups in total. The third-order valence-corrected chi connectivity index (χ3v) is 4.87. The smallest absolute Gasteiger partial charge is 0.255 e. The molecule has 2 aromatic carbocycles. The molecular formula is C20H22ClN3O3. The minimum Gasteiger partial charge on any atom is -0.507 e. The molecule has 6 nitrogen and oxygen atoms in total. The molecule has 1 aliphatic rings. The van der Waals surface area contributed by atoms with E-state index in [1.54, 1.807) is 17.0 Å². The number of carbonyl (C=O) groups is 2. The van der Waals surface area contributed by atoms with Crippen molar-refractivity contribution in [1.82, 2.24) is 10.2 Å². The first kappa shape index (κ1) is 19.0. The molecule has 0 atom stereocenters. The third-order valence-electron chi connectivity index (χ3n) is 4.62. The van der Waals surface area contributed by atoms with Gasteiger partial charge in [0.05, 0.1) is 12.1 Å². The zero-order valence-electron chi connectivity index (χ0n) is 15.1. The molecule has 1 saturated heterocycles. The standard InChI is InChI=1S/C20H22ClN3O3/c1-14-2-7-18(25)17(12-14)20(27)22-13-19(26)24-10-8-23(9-11-24)16-5-3-15(21)4-6-16/h2-7,12,25H,8-11,13H2,1H3,(H,22,27). The molecule has 1 fully saturated rings. The van der Waals surface area contributed by atoms with E-state index in [9.17, 15) is 14.7 Å². The summed E-state index contributed by atoms with van der Waals surface area (Å²) in [5.41, 5.74) is 2.12. The van der Waals surface area contributed by atoms with Gasteiger partial charge in [-0.05, 0) is 43.3 Å². The first-order chi connectivity index (χ1) is 12.9. The fourth-order valence-electron chi connectivity index (χ4n) is 3.06. The van der Waals surface area contributed by atoms with Crippen LogP contribution in [0.1, 0.15) is 15.9 Å². The van der Waals surface area contributed by atoms with Gasteiger partial charge in [0.25, 0.3) is 5.91 Å². The normalized spacial score (nSPS) is 14.1. The van der Waals surface area contributed by atoms with Crippen LogP contribution in [0.15, 0.2) is 42.5 Å². The minimum absolute atomic E-state index is 0.0901. The van der Waals surface area contributed by atoms with Crippen LogP contribution in [0.5, 0.6) is 5.75 Å². The molecule has 0 radical (unpaired) electrons. The third kappa shape index (κ3) is 4.71. The van der Waals surface area contributed by atoms with Crippen LogP contribution in [0, 0.1) is 6.92 Å². The van der Waals surface area contributed by atoms with Gasteiger partial charge in [-0.3, -0.25) is 9.59 Å². The summed E-state index contributed by atoms with van der Waals surface area (Å²) in [6, 6.07) is 12.4. The molecule has 142 valence electrons. The van der Waals surface area contributed by atoms with E-state index in [1.165, 1.54) is 6.07 Å². The molecule has 0 aliphatic carbocycles. The van der Waals surface area contributed by atoms with E-state index in [1.807, 2.05) is 31.2 Å². The maximum Gasteiger partial charge on any atom is 0.255 e. The number of benzene rings is 2. The summed E-state index contributed by atoms with van der Waals surface area (Å²) in [6.45, 7) is 4.37. The summed E-state index contributed by atoms with van der Waals surface area (Å²) in [6.07, 6.45) is 0. The number of aromatic hydroxyl groups is 1. The molecule has 2 aromatic rings. The van der Waals surface area contributed by atoms with Crippen molar-refractivity contribution >= 4 is 29.1 Å². The zero-order valence-corrected chi connectivity index (χ0v) is 15.9. The lowest BCUT2D eigenvalue weighted by Crippen LogP contribution is -2.51. The van der Waals surface area contributed by atoms with Gasteiger partial charge in [-0.2, -0.15) is 0 Å². The lowest BCUT2D eigenvalue weighted by atomic mass is 10.1. The highest BCUT2D eigenvalue weighted by Crippen LogP contribution is 2.20. The lowest BCUT2D eigenvalue weighted by molar-refractivity contribution is -0.130. The molecular weight excluding hydrogens is 366 g/mol. The monoisotopic (exact) mass is 387 g/mol. The second-order valence-electron chi connectivity index (χ2n) is 6.55. The van der Waals surface area contributed by atoms with Crippen LogP contribution in [-0.2, 0) is 4.79 Å². The maximum atomic E-state index is 12.4. The molecule has 27 heavy (non-hydrogen) atoms. The van der Waals surface area contributed by atoms with Gasteiger partial charge in [0, 0.05) is 36.9 Å². The van der Waals surface area contributed by atoms with Gasteiger partial charge in [-0.25, -0.2) is 0 Å². The Morgan fingerprint density at radius 3 is 2.41 bits per heavy atom. The number of nitrogens with one attached hydrogen (secondary N) is 1. The molecule has 0 bridgehead atoms. The molecule has 3 rings (SSSR count). The van der Waals surface area contributed by atoms with E-state index in [0.29, 0.717) is 18.1 Å². The molecule has 0 saturated carbocycles. The van der Waals surface area contributed by atoms with Gasteiger partial charge in [-0.1, -0.05) is 23.2 Å². The first-order valence-electron chi connectivity index (χ1n) is 8.80. The number of amides is 2. The van der Waals surface area contributed by atoms with Gasteiger partial charge < -0.3 is 20.2 Å². The van der Waals surface area contributed by atoms with Crippen LogP contribution in [0.3, 0.4) is 0 Å². The van der Waals surface area contributed by atoms with Crippen LogP contribution in [0.4, 0.5) is 5.69 Å². The van der Waals surface area contributed by atoms with E-state index in [2.05, 4.69) is 10.2 Å². The number of phenols is 1. The number of aryl methyl sites for hydroxylation is 1. The topological polar surface area (TPSA) is 72.9 Å². The zero-order chi connectivity index (χ0) is 19.4. The highest BCUT2D eigenvalue weighted by molar-refractivity contribution is 6.30. The fraction of sp³-hybridized carbons (Fsp3) is 0.300. The summed E-state index contributed by atoms with van der Waals surface area (Å²) in [5, 5.41) is 13.1. The summed E-state index contributed by atoms with van der Waals surface area (Å²) in [5.74, 6) is -0.683. The quantitative estimate of drug-likeness (QED) is 0.845.